The molecular formula is C23H23N5O4S. The molecular weight excluding hydrogens is 442 g/mol. The third kappa shape index (κ3) is 5.91. The Morgan fingerprint density at radius 3 is 2.39 bits per heavy atom. The lowest BCUT2D eigenvalue weighted by atomic mass is 9.99. The van der Waals surface area contributed by atoms with Gasteiger partial charge in [0.25, 0.3) is 0 Å². The predicted octanol–water partition coefficient (Wildman–Crippen LogP) is 3.35. The summed E-state index contributed by atoms with van der Waals surface area (Å²) in [6.07, 6.45) is 4.14. The Morgan fingerprint density at radius 2 is 1.85 bits per heavy atom. The normalized spacial score (nSPS) is 11.5. The van der Waals surface area contributed by atoms with Crippen molar-refractivity contribution in [3.05, 3.63) is 59.9 Å². The molecule has 0 atom stereocenters. The van der Waals surface area contributed by atoms with Crippen LogP contribution in [0.25, 0.3) is 11.3 Å². The number of sulfone groups is 1. The van der Waals surface area contributed by atoms with E-state index in [1.54, 1.807) is 38.2 Å². The van der Waals surface area contributed by atoms with Crippen molar-refractivity contribution in [2.24, 2.45) is 0 Å². The molecule has 3 N–H and O–H groups in total. The fourth-order valence-electron chi connectivity index (χ4n) is 3.03. The molecule has 0 aliphatic carbocycles. The standard InChI is InChI=1S/C23H23N5O4S/c1-14(29)27-22-10-21(28-17-7-15(11-24)8-18(9-17)33(4,31)32)19(13-26-22)20-6-5-16(12-25-20)23(2,3)30/h5-10,12-13,30H,1-4H3,(H2,26,27,28,29). The van der Waals surface area contributed by atoms with Crippen LogP contribution in [-0.2, 0) is 20.2 Å². The minimum atomic E-state index is -3.55. The van der Waals surface area contributed by atoms with Gasteiger partial charge in [-0.2, -0.15) is 5.26 Å². The number of anilines is 3. The second kappa shape index (κ2) is 8.97. The van der Waals surface area contributed by atoms with Crippen molar-refractivity contribution in [1.29, 1.82) is 5.26 Å². The average molecular weight is 466 g/mol. The monoisotopic (exact) mass is 465 g/mol. The molecule has 9 nitrogen and oxygen atoms in total. The van der Waals surface area contributed by atoms with Gasteiger partial charge in [0.05, 0.1) is 33.5 Å². The van der Waals surface area contributed by atoms with Crippen LogP contribution in [0.1, 0.15) is 31.9 Å². The molecule has 0 saturated carbocycles. The van der Waals surface area contributed by atoms with Crippen molar-refractivity contribution in [2.45, 2.75) is 31.3 Å². The zero-order valence-corrected chi connectivity index (χ0v) is 19.4. The number of pyridine rings is 2. The molecule has 0 fully saturated rings. The van der Waals surface area contributed by atoms with Crippen LogP contribution in [0.4, 0.5) is 17.2 Å². The van der Waals surface area contributed by atoms with E-state index in [-0.39, 0.29) is 22.2 Å². The van der Waals surface area contributed by atoms with Crippen molar-refractivity contribution in [3.8, 4) is 17.3 Å². The molecule has 170 valence electrons. The third-order valence-corrected chi connectivity index (χ3v) is 5.79. The second-order valence-electron chi connectivity index (χ2n) is 8.04. The first-order valence-electron chi connectivity index (χ1n) is 9.86. The molecule has 0 bridgehead atoms. The van der Waals surface area contributed by atoms with Crippen LogP contribution >= 0.6 is 0 Å². The molecule has 0 saturated heterocycles. The van der Waals surface area contributed by atoms with Crippen LogP contribution in [0.3, 0.4) is 0 Å². The molecule has 0 unspecified atom stereocenters. The van der Waals surface area contributed by atoms with E-state index in [2.05, 4.69) is 20.6 Å². The van der Waals surface area contributed by atoms with E-state index >= 15 is 0 Å². The summed E-state index contributed by atoms with van der Waals surface area (Å²) >= 11 is 0. The Morgan fingerprint density at radius 1 is 1.12 bits per heavy atom. The summed E-state index contributed by atoms with van der Waals surface area (Å²) in [7, 11) is -3.55. The number of carbonyl (C=O) groups is 1. The second-order valence-corrected chi connectivity index (χ2v) is 10.1. The highest BCUT2D eigenvalue weighted by atomic mass is 32.2. The largest absolute Gasteiger partial charge is 0.386 e. The van der Waals surface area contributed by atoms with Crippen LogP contribution in [0, 0.1) is 11.3 Å². The van der Waals surface area contributed by atoms with Crippen LogP contribution in [0.15, 0.2) is 53.7 Å². The van der Waals surface area contributed by atoms with Crippen molar-refractivity contribution < 1.29 is 18.3 Å². The Bertz CT molecular complexity index is 1360. The smallest absolute Gasteiger partial charge is 0.222 e. The SMILES string of the molecule is CC(=O)Nc1cc(Nc2cc(C#N)cc(S(C)(=O)=O)c2)c(-c2ccc(C(C)(C)O)cn2)cn1. The zero-order valence-electron chi connectivity index (χ0n) is 18.5. The maximum absolute atomic E-state index is 12.1. The quantitative estimate of drug-likeness (QED) is 0.502. The maximum atomic E-state index is 12.1. The number of nitriles is 1. The zero-order chi connectivity index (χ0) is 24.4. The Hall–Kier alpha value is -3.81. The van der Waals surface area contributed by atoms with Crippen molar-refractivity contribution in [1.82, 2.24) is 9.97 Å². The van der Waals surface area contributed by atoms with E-state index in [9.17, 15) is 23.6 Å². The number of hydrogen-bond donors (Lipinski definition) is 3. The number of rotatable bonds is 6. The Kier molecular flexibility index (Phi) is 6.48. The van der Waals surface area contributed by atoms with Gasteiger partial charge in [-0.25, -0.2) is 13.4 Å². The summed E-state index contributed by atoms with van der Waals surface area (Å²) in [5.74, 6) is -0.0265. The molecule has 2 heterocycles. The molecule has 3 rings (SSSR count). The van der Waals surface area contributed by atoms with E-state index in [0.717, 1.165) is 6.26 Å². The number of hydrogen-bond acceptors (Lipinski definition) is 8. The highest BCUT2D eigenvalue weighted by Crippen LogP contribution is 2.32. The van der Waals surface area contributed by atoms with Gasteiger partial charge in [-0.3, -0.25) is 9.78 Å². The van der Waals surface area contributed by atoms with E-state index < -0.39 is 15.4 Å². The minimum Gasteiger partial charge on any atom is -0.386 e. The minimum absolute atomic E-state index is 0.00519. The number of nitrogens with zero attached hydrogens (tertiary/aromatic N) is 3. The summed E-state index contributed by atoms with van der Waals surface area (Å²) in [6.45, 7) is 4.67. The topological polar surface area (TPSA) is 145 Å². The summed E-state index contributed by atoms with van der Waals surface area (Å²) in [4.78, 5) is 20.2. The molecule has 3 aromatic rings. The average Bonchev–Trinajstić information content (AvgIpc) is 2.72. The lowest BCUT2D eigenvalue weighted by Crippen LogP contribution is -2.15. The first-order valence-corrected chi connectivity index (χ1v) is 11.7. The van der Waals surface area contributed by atoms with Crippen molar-refractivity contribution in [2.75, 3.05) is 16.9 Å². The van der Waals surface area contributed by atoms with Crippen LogP contribution in [-0.4, -0.2) is 35.7 Å². The molecule has 0 aliphatic rings. The van der Waals surface area contributed by atoms with Crippen LogP contribution in [0.2, 0.25) is 0 Å². The van der Waals surface area contributed by atoms with Crippen LogP contribution < -0.4 is 10.6 Å². The molecule has 1 aromatic carbocycles. The number of carbonyl (C=O) groups excluding carboxylic acids is 1. The number of aliphatic hydroxyl groups is 1. The van der Waals surface area contributed by atoms with E-state index in [1.165, 1.54) is 31.3 Å². The molecule has 2 aromatic heterocycles. The van der Waals surface area contributed by atoms with Gasteiger partial charge in [0.1, 0.15) is 5.82 Å². The highest BCUT2D eigenvalue weighted by Gasteiger charge is 2.18. The van der Waals surface area contributed by atoms with Gasteiger partial charge in [0, 0.05) is 48.5 Å². The molecule has 10 heteroatoms. The summed E-state index contributed by atoms with van der Waals surface area (Å²) in [6, 6.07) is 11.2. The van der Waals surface area contributed by atoms with Crippen molar-refractivity contribution in [3.63, 3.8) is 0 Å². The fourth-order valence-corrected chi connectivity index (χ4v) is 3.71. The molecule has 33 heavy (non-hydrogen) atoms. The number of aromatic nitrogens is 2. The molecule has 0 aliphatic heterocycles. The lowest BCUT2D eigenvalue weighted by Gasteiger charge is -2.18. The predicted molar refractivity (Wildman–Crippen MR) is 125 cm³/mol. The first-order chi connectivity index (χ1) is 15.4. The number of nitrogens with one attached hydrogen (secondary N) is 2. The van der Waals surface area contributed by atoms with Crippen molar-refractivity contribution >= 4 is 32.9 Å². The van der Waals surface area contributed by atoms with Gasteiger partial charge in [-0.15, -0.1) is 0 Å². The fraction of sp³-hybridized carbons (Fsp3) is 0.217. The molecule has 0 spiro atoms. The van der Waals surface area contributed by atoms with Gasteiger partial charge < -0.3 is 15.7 Å². The summed E-state index contributed by atoms with van der Waals surface area (Å²) in [5.41, 5.74) is 1.69. The van der Waals surface area contributed by atoms with Crippen LogP contribution in [0.5, 0.6) is 0 Å². The maximum Gasteiger partial charge on any atom is 0.222 e. The Balaban J connectivity index is 2.12. The van der Waals surface area contributed by atoms with E-state index in [1.807, 2.05) is 6.07 Å². The van der Waals surface area contributed by atoms with Gasteiger partial charge >= 0.3 is 0 Å². The summed E-state index contributed by atoms with van der Waals surface area (Å²) in [5, 5.41) is 25.2. The van der Waals surface area contributed by atoms with E-state index in [0.29, 0.717) is 28.2 Å². The first kappa shape index (κ1) is 23.8. The number of benzene rings is 1. The third-order valence-electron chi connectivity index (χ3n) is 4.70. The van der Waals surface area contributed by atoms with Gasteiger partial charge in [0.15, 0.2) is 9.84 Å². The number of amides is 1. The van der Waals surface area contributed by atoms with Gasteiger partial charge in [-0.05, 0) is 38.1 Å². The lowest BCUT2D eigenvalue weighted by molar-refractivity contribution is -0.114. The Labute approximate surface area is 192 Å². The van der Waals surface area contributed by atoms with Gasteiger partial charge in [-0.1, -0.05) is 6.07 Å². The molecule has 1 amide bonds. The van der Waals surface area contributed by atoms with E-state index in [4.69, 9.17) is 0 Å². The highest BCUT2D eigenvalue weighted by molar-refractivity contribution is 7.90. The van der Waals surface area contributed by atoms with Gasteiger partial charge in [0.2, 0.25) is 5.91 Å². The summed E-state index contributed by atoms with van der Waals surface area (Å²) < 4.78 is 24.1. The molecule has 0 radical (unpaired) electrons.